The SMILES string of the molecule is CCCC1CCC2CC(c3cc4cccc(F)c4c(F)c3Cl)CCC2C1. The zero-order valence-corrected chi connectivity index (χ0v) is 16.2. The van der Waals surface area contributed by atoms with Crippen LogP contribution in [0.2, 0.25) is 5.02 Å². The Labute approximate surface area is 159 Å². The molecule has 2 saturated carbocycles. The Kier molecular flexibility index (Phi) is 5.23. The monoisotopic (exact) mass is 376 g/mol. The standard InChI is InChI=1S/C23H27ClF2/c1-2-4-14-7-8-16-12-17(10-9-15(16)11-14)19-13-18-5-3-6-20(25)21(18)23(26)22(19)24/h3,5-6,13-17H,2,4,7-12H2,1H3. The van der Waals surface area contributed by atoms with Crippen LogP contribution in [0.5, 0.6) is 0 Å². The molecule has 0 radical (unpaired) electrons. The van der Waals surface area contributed by atoms with Gasteiger partial charge in [-0.25, -0.2) is 8.78 Å². The molecule has 2 fully saturated rings. The molecule has 0 spiro atoms. The average Bonchev–Trinajstić information content (AvgIpc) is 2.64. The summed E-state index contributed by atoms with van der Waals surface area (Å²) < 4.78 is 28.8. The minimum Gasteiger partial charge on any atom is -0.206 e. The molecule has 0 heterocycles. The molecule has 2 aromatic rings. The normalized spacial score (nSPS) is 28.9. The van der Waals surface area contributed by atoms with E-state index in [0.29, 0.717) is 11.3 Å². The van der Waals surface area contributed by atoms with Crippen LogP contribution in [-0.4, -0.2) is 0 Å². The van der Waals surface area contributed by atoms with Crippen LogP contribution in [0.25, 0.3) is 10.8 Å². The lowest BCUT2D eigenvalue weighted by molar-refractivity contribution is 0.114. The highest BCUT2D eigenvalue weighted by Gasteiger charge is 2.36. The molecule has 140 valence electrons. The third kappa shape index (κ3) is 3.26. The first-order chi connectivity index (χ1) is 12.6. The number of fused-ring (bicyclic) bond motifs is 2. The number of rotatable bonds is 3. The lowest BCUT2D eigenvalue weighted by Crippen LogP contribution is -2.30. The van der Waals surface area contributed by atoms with Crippen molar-refractivity contribution < 1.29 is 8.78 Å². The summed E-state index contributed by atoms with van der Waals surface area (Å²) in [4.78, 5) is 0. The van der Waals surface area contributed by atoms with E-state index in [-0.39, 0.29) is 10.4 Å². The van der Waals surface area contributed by atoms with Gasteiger partial charge in [-0.1, -0.05) is 49.9 Å². The van der Waals surface area contributed by atoms with Gasteiger partial charge in [0, 0.05) is 0 Å². The molecule has 3 heteroatoms. The number of hydrogen-bond acceptors (Lipinski definition) is 0. The summed E-state index contributed by atoms with van der Waals surface area (Å²) in [5, 5.41) is 0.774. The second kappa shape index (κ2) is 7.46. The van der Waals surface area contributed by atoms with Gasteiger partial charge in [-0.15, -0.1) is 0 Å². The number of benzene rings is 2. The third-order valence-electron chi connectivity index (χ3n) is 6.88. The molecule has 2 aliphatic carbocycles. The highest BCUT2D eigenvalue weighted by atomic mass is 35.5. The number of halogens is 3. The lowest BCUT2D eigenvalue weighted by Gasteiger charge is -2.42. The maximum Gasteiger partial charge on any atom is 0.152 e. The van der Waals surface area contributed by atoms with Gasteiger partial charge in [-0.3, -0.25) is 0 Å². The molecule has 0 aromatic heterocycles. The van der Waals surface area contributed by atoms with Crippen LogP contribution in [0.4, 0.5) is 8.78 Å². The van der Waals surface area contributed by atoms with Crippen LogP contribution in [0.15, 0.2) is 24.3 Å². The zero-order chi connectivity index (χ0) is 18.3. The van der Waals surface area contributed by atoms with E-state index in [1.165, 1.54) is 44.6 Å². The third-order valence-corrected chi connectivity index (χ3v) is 7.27. The molecular weight excluding hydrogens is 350 g/mol. The fourth-order valence-corrected chi connectivity index (χ4v) is 5.90. The second-order valence-electron chi connectivity index (χ2n) is 8.43. The molecule has 4 unspecified atom stereocenters. The minimum absolute atomic E-state index is 0.0232. The van der Waals surface area contributed by atoms with Gasteiger partial charge in [0.25, 0.3) is 0 Å². The molecule has 0 aliphatic heterocycles. The maximum absolute atomic E-state index is 14.8. The van der Waals surface area contributed by atoms with E-state index in [9.17, 15) is 8.78 Å². The predicted octanol–water partition coefficient (Wildman–Crippen LogP) is 7.87. The highest BCUT2D eigenvalue weighted by molar-refractivity contribution is 6.32. The molecule has 2 aromatic carbocycles. The van der Waals surface area contributed by atoms with Gasteiger partial charge in [0.2, 0.25) is 0 Å². The highest BCUT2D eigenvalue weighted by Crippen LogP contribution is 2.50. The van der Waals surface area contributed by atoms with Crippen LogP contribution < -0.4 is 0 Å². The van der Waals surface area contributed by atoms with Crippen LogP contribution in [0.1, 0.15) is 69.8 Å². The summed E-state index contributed by atoms with van der Waals surface area (Å²) in [6.07, 6.45) is 10.0. The maximum atomic E-state index is 14.8. The summed E-state index contributed by atoms with van der Waals surface area (Å²) in [5.41, 5.74) is 0.886. The quantitative estimate of drug-likeness (QED) is 0.511. The first kappa shape index (κ1) is 18.2. The van der Waals surface area contributed by atoms with Crippen molar-refractivity contribution in [1.29, 1.82) is 0 Å². The topological polar surface area (TPSA) is 0 Å². The van der Waals surface area contributed by atoms with Crippen molar-refractivity contribution >= 4 is 22.4 Å². The fraction of sp³-hybridized carbons (Fsp3) is 0.565. The van der Waals surface area contributed by atoms with E-state index < -0.39 is 11.6 Å². The van der Waals surface area contributed by atoms with E-state index in [1.54, 1.807) is 12.1 Å². The molecule has 4 atom stereocenters. The first-order valence-corrected chi connectivity index (χ1v) is 10.5. The Morgan fingerprint density at radius 2 is 1.81 bits per heavy atom. The van der Waals surface area contributed by atoms with Crippen molar-refractivity contribution in [3.63, 3.8) is 0 Å². The van der Waals surface area contributed by atoms with Gasteiger partial charge in [-0.2, -0.15) is 0 Å². The van der Waals surface area contributed by atoms with Gasteiger partial charge in [0.15, 0.2) is 5.82 Å². The van der Waals surface area contributed by atoms with Crippen LogP contribution >= 0.6 is 11.6 Å². The summed E-state index contributed by atoms with van der Waals surface area (Å²) >= 11 is 6.38. The van der Waals surface area contributed by atoms with Crippen molar-refractivity contribution in [1.82, 2.24) is 0 Å². The van der Waals surface area contributed by atoms with E-state index in [1.807, 2.05) is 6.07 Å². The van der Waals surface area contributed by atoms with Gasteiger partial charge in [-0.05, 0) is 78.9 Å². The summed E-state index contributed by atoms with van der Waals surface area (Å²) in [6, 6.07) is 6.64. The van der Waals surface area contributed by atoms with Gasteiger partial charge < -0.3 is 0 Å². The largest absolute Gasteiger partial charge is 0.206 e. The van der Waals surface area contributed by atoms with Crippen molar-refractivity contribution in [3.05, 3.63) is 46.5 Å². The Morgan fingerprint density at radius 3 is 2.62 bits per heavy atom. The van der Waals surface area contributed by atoms with Crippen molar-refractivity contribution in [2.75, 3.05) is 0 Å². The van der Waals surface area contributed by atoms with E-state index in [2.05, 4.69) is 6.92 Å². The Morgan fingerprint density at radius 1 is 1.04 bits per heavy atom. The van der Waals surface area contributed by atoms with Crippen molar-refractivity contribution in [2.45, 2.75) is 64.2 Å². The summed E-state index contributed by atoms with van der Waals surface area (Å²) in [5.74, 6) is 1.65. The Balaban J connectivity index is 1.59. The molecule has 0 bridgehead atoms. The minimum atomic E-state index is -0.592. The molecule has 0 amide bonds. The van der Waals surface area contributed by atoms with Crippen molar-refractivity contribution in [3.8, 4) is 0 Å². The lowest BCUT2D eigenvalue weighted by atomic mass is 9.63. The molecule has 4 rings (SSSR count). The fourth-order valence-electron chi connectivity index (χ4n) is 5.60. The van der Waals surface area contributed by atoms with Crippen LogP contribution in [0.3, 0.4) is 0 Å². The molecule has 0 saturated heterocycles. The number of hydrogen-bond donors (Lipinski definition) is 0. The molecule has 0 nitrogen and oxygen atoms in total. The zero-order valence-electron chi connectivity index (χ0n) is 15.4. The van der Waals surface area contributed by atoms with Crippen molar-refractivity contribution in [2.24, 2.45) is 17.8 Å². The van der Waals surface area contributed by atoms with Gasteiger partial charge in [0.05, 0.1) is 10.4 Å². The molecule has 2 aliphatic rings. The summed E-state index contributed by atoms with van der Waals surface area (Å²) in [6.45, 7) is 2.28. The van der Waals surface area contributed by atoms with Gasteiger partial charge >= 0.3 is 0 Å². The second-order valence-corrected chi connectivity index (χ2v) is 8.81. The Bertz CT molecular complexity index is 800. The predicted molar refractivity (Wildman–Crippen MR) is 105 cm³/mol. The smallest absolute Gasteiger partial charge is 0.152 e. The average molecular weight is 377 g/mol. The molecule has 0 N–H and O–H groups in total. The van der Waals surface area contributed by atoms with Crippen LogP contribution in [0, 0.1) is 29.4 Å². The van der Waals surface area contributed by atoms with E-state index >= 15 is 0 Å². The first-order valence-electron chi connectivity index (χ1n) is 10.1. The van der Waals surface area contributed by atoms with E-state index in [0.717, 1.165) is 36.2 Å². The summed E-state index contributed by atoms with van der Waals surface area (Å²) in [7, 11) is 0. The van der Waals surface area contributed by atoms with E-state index in [4.69, 9.17) is 11.6 Å². The molecular formula is C23H27ClF2. The van der Waals surface area contributed by atoms with Crippen LogP contribution in [-0.2, 0) is 0 Å². The Hall–Kier alpha value is -1.15. The molecule has 26 heavy (non-hydrogen) atoms. The van der Waals surface area contributed by atoms with Gasteiger partial charge in [0.1, 0.15) is 5.82 Å².